The van der Waals surface area contributed by atoms with E-state index in [4.69, 9.17) is 4.74 Å². The van der Waals surface area contributed by atoms with Crippen LogP contribution in [0, 0.1) is 13.8 Å². The Morgan fingerprint density at radius 1 is 1.09 bits per heavy atom. The summed E-state index contributed by atoms with van der Waals surface area (Å²) in [5.74, 6) is 0.876. The number of hydrogen-bond donors (Lipinski definition) is 0. The van der Waals surface area contributed by atoms with Crippen molar-refractivity contribution in [3.05, 3.63) is 70.1 Å². The number of fused-ring (bicyclic) bond motifs is 1. The average molecular weight is 308 g/mol. The van der Waals surface area contributed by atoms with Crippen molar-refractivity contribution >= 4 is 10.8 Å². The van der Waals surface area contributed by atoms with Crippen LogP contribution < -0.4 is 10.3 Å². The van der Waals surface area contributed by atoms with Crippen LogP contribution >= 0.6 is 0 Å². The monoisotopic (exact) mass is 308 g/mol. The van der Waals surface area contributed by atoms with Crippen LogP contribution in [0.2, 0.25) is 0 Å². The van der Waals surface area contributed by atoms with Gasteiger partial charge in [-0.3, -0.25) is 4.79 Å². The molecule has 0 radical (unpaired) electrons. The summed E-state index contributed by atoms with van der Waals surface area (Å²) in [5.41, 5.74) is 2.33. The summed E-state index contributed by atoms with van der Waals surface area (Å²) in [4.78, 5) is 12.3. The molecule has 2 aromatic carbocycles. The summed E-state index contributed by atoms with van der Waals surface area (Å²) in [5, 5.41) is 5.81. The molecular weight excluding hydrogens is 288 g/mol. The SMILES string of the molecule is Cc1cc(C)cc(OCCCn2ncc3ccccc3c2=O)c1. The molecule has 0 amide bonds. The fourth-order valence-corrected chi connectivity index (χ4v) is 2.71. The van der Waals surface area contributed by atoms with Crippen LogP contribution in [0.1, 0.15) is 17.5 Å². The Bertz CT molecular complexity index is 864. The van der Waals surface area contributed by atoms with E-state index in [2.05, 4.69) is 25.0 Å². The summed E-state index contributed by atoms with van der Waals surface area (Å²) < 4.78 is 7.28. The number of ether oxygens (including phenoxy) is 1. The van der Waals surface area contributed by atoms with Gasteiger partial charge in [-0.2, -0.15) is 5.10 Å². The van der Waals surface area contributed by atoms with Gasteiger partial charge in [0.25, 0.3) is 5.56 Å². The van der Waals surface area contributed by atoms with Crippen molar-refractivity contribution in [2.24, 2.45) is 0 Å². The van der Waals surface area contributed by atoms with Gasteiger partial charge in [0.15, 0.2) is 0 Å². The highest BCUT2D eigenvalue weighted by molar-refractivity contribution is 5.80. The quantitative estimate of drug-likeness (QED) is 0.678. The third-order valence-corrected chi connectivity index (χ3v) is 3.74. The topological polar surface area (TPSA) is 44.1 Å². The Morgan fingerprint density at radius 3 is 2.61 bits per heavy atom. The van der Waals surface area contributed by atoms with E-state index in [1.807, 2.05) is 36.4 Å². The highest BCUT2D eigenvalue weighted by Crippen LogP contribution is 2.16. The van der Waals surface area contributed by atoms with Crippen LogP contribution in [-0.4, -0.2) is 16.4 Å². The third kappa shape index (κ3) is 3.59. The molecule has 118 valence electrons. The van der Waals surface area contributed by atoms with Crippen LogP contribution in [0.3, 0.4) is 0 Å². The van der Waals surface area contributed by atoms with E-state index in [0.717, 1.165) is 17.6 Å². The first-order chi connectivity index (χ1) is 11.1. The molecule has 0 spiro atoms. The molecule has 3 rings (SSSR count). The highest BCUT2D eigenvalue weighted by atomic mass is 16.5. The van der Waals surface area contributed by atoms with E-state index >= 15 is 0 Å². The van der Waals surface area contributed by atoms with Crippen LogP contribution in [-0.2, 0) is 6.54 Å². The van der Waals surface area contributed by atoms with Gasteiger partial charge in [0, 0.05) is 18.4 Å². The first-order valence-electron chi connectivity index (χ1n) is 7.79. The van der Waals surface area contributed by atoms with Crippen molar-refractivity contribution in [3.8, 4) is 5.75 Å². The summed E-state index contributed by atoms with van der Waals surface area (Å²) in [6, 6.07) is 13.7. The lowest BCUT2D eigenvalue weighted by Crippen LogP contribution is -2.23. The predicted molar refractivity (Wildman–Crippen MR) is 92.0 cm³/mol. The van der Waals surface area contributed by atoms with Crippen molar-refractivity contribution < 1.29 is 4.74 Å². The minimum Gasteiger partial charge on any atom is -0.494 e. The fraction of sp³-hybridized carbons (Fsp3) is 0.263. The second-order valence-electron chi connectivity index (χ2n) is 5.79. The normalized spacial score (nSPS) is 10.9. The average Bonchev–Trinajstić information content (AvgIpc) is 2.53. The Hall–Kier alpha value is -2.62. The minimum absolute atomic E-state index is 0.0468. The van der Waals surface area contributed by atoms with E-state index in [1.54, 1.807) is 6.20 Å². The molecule has 0 N–H and O–H groups in total. The van der Waals surface area contributed by atoms with Gasteiger partial charge in [0.1, 0.15) is 5.75 Å². The van der Waals surface area contributed by atoms with Crippen molar-refractivity contribution in [1.29, 1.82) is 0 Å². The van der Waals surface area contributed by atoms with Crippen molar-refractivity contribution in [2.45, 2.75) is 26.8 Å². The van der Waals surface area contributed by atoms with E-state index in [9.17, 15) is 4.79 Å². The molecule has 0 atom stereocenters. The highest BCUT2D eigenvalue weighted by Gasteiger charge is 2.03. The number of hydrogen-bond acceptors (Lipinski definition) is 3. The Labute approximate surface area is 135 Å². The maximum atomic E-state index is 12.3. The van der Waals surface area contributed by atoms with Crippen molar-refractivity contribution in [1.82, 2.24) is 9.78 Å². The van der Waals surface area contributed by atoms with Gasteiger partial charge in [-0.1, -0.05) is 24.3 Å². The van der Waals surface area contributed by atoms with Gasteiger partial charge in [0.05, 0.1) is 18.2 Å². The summed E-state index contributed by atoms with van der Waals surface area (Å²) >= 11 is 0. The van der Waals surface area contributed by atoms with Gasteiger partial charge in [0.2, 0.25) is 0 Å². The number of aromatic nitrogens is 2. The van der Waals surface area contributed by atoms with Gasteiger partial charge < -0.3 is 4.74 Å². The van der Waals surface area contributed by atoms with E-state index < -0.39 is 0 Å². The van der Waals surface area contributed by atoms with Crippen LogP contribution in [0.25, 0.3) is 10.8 Å². The van der Waals surface area contributed by atoms with Crippen LogP contribution in [0.15, 0.2) is 53.5 Å². The molecule has 0 unspecified atom stereocenters. The summed E-state index contributed by atoms with van der Waals surface area (Å²) in [6.07, 6.45) is 2.47. The zero-order chi connectivity index (χ0) is 16.2. The number of rotatable bonds is 5. The van der Waals surface area contributed by atoms with Gasteiger partial charge in [-0.25, -0.2) is 4.68 Å². The maximum absolute atomic E-state index is 12.3. The molecule has 0 fully saturated rings. The lowest BCUT2D eigenvalue weighted by Gasteiger charge is -2.09. The smallest absolute Gasteiger partial charge is 0.274 e. The lowest BCUT2D eigenvalue weighted by molar-refractivity contribution is 0.297. The Balaban J connectivity index is 1.63. The fourth-order valence-electron chi connectivity index (χ4n) is 2.71. The first kappa shape index (κ1) is 15.3. The standard InChI is InChI=1S/C19H20N2O2/c1-14-10-15(2)12-17(11-14)23-9-5-8-21-19(22)18-7-4-3-6-16(18)13-20-21/h3-4,6-7,10-13H,5,8-9H2,1-2H3. The molecule has 4 nitrogen and oxygen atoms in total. The summed E-state index contributed by atoms with van der Waals surface area (Å²) in [7, 11) is 0. The number of nitrogens with zero attached hydrogens (tertiary/aromatic N) is 2. The predicted octanol–water partition coefficient (Wildman–Crippen LogP) is 3.48. The van der Waals surface area contributed by atoms with Gasteiger partial charge >= 0.3 is 0 Å². The first-order valence-corrected chi connectivity index (χ1v) is 7.79. The van der Waals surface area contributed by atoms with Crippen molar-refractivity contribution in [3.63, 3.8) is 0 Å². The molecule has 1 heterocycles. The van der Waals surface area contributed by atoms with Crippen LogP contribution in [0.5, 0.6) is 5.75 Å². The molecule has 0 bridgehead atoms. The molecule has 0 saturated carbocycles. The molecule has 3 aromatic rings. The summed E-state index contributed by atoms with van der Waals surface area (Å²) in [6.45, 7) is 5.22. The zero-order valence-corrected chi connectivity index (χ0v) is 13.5. The lowest BCUT2D eigenvalue weighted by atomic mass is 10.1. The number of benzene rings is 2. The largest absolute Gasteiger partial charge is 0.494 e. The minimum atomic E-state index is -0.0468. The molecule has 0 aliphatic carbocycles. The molecule has 23 heavy (non-hydrogen) atoms. The third-order valence-electron chi connectivity index (χ3n) is 3.74. The van der Waals surface area contributed by atoms with E-state index in [0.29, 0.717) is 18.5 Å². The number of aryl methyl sites for hydroxylation is 3. The zero-order valence-electron chi connectivity index (χ0n) is 13.5. The van der Waals surface area contributed by atoms with E-state index in [-0.39, 0.29) is 5.56 Å². The molecule has 0 saturated heterocycles. The second-order valence-corrected chi connectivity index (χ2v) is 5.79. The molecular formula is C19H20N2O2. The molecule has 1 aromatic heterocycles. The maximum Gasteiger partial charge on any atom is 0.274 e. The van der Waals surface area contributed by atoms with Crippen LogP contribution in [0.4, 0.5) is 0 Å². The Morgan fingerprint density at radius 2 is 1.83 bits per heavy atom. The molecule has 0 aliphatic rings. The molecule has 0 aliphatic heterocycles. The molecule has 4 heteroatoms. The second kappa shape index (κ2) is 6.65. The Kier molecular flexibility index (Phi) is 4.42. The van der Waals surface area contributed by atoms with Gasteiger partial charge in [-0.05, 0) is 43.2 Å². The van der Waals surface area contributed by atoms with E-state index in [1.165, 1.54) is 15.8 Å². The van der Waals surface area contributed by atoms with Crippen molar-refractivity contribution in [2.75, 3.05) is 6.61 Å². The van der Waals surface area contributed by atoms with Gasteiger partial charge in [-0.15, -0.1) is 0 Å².